The van der Waals surface area contributed by atoms with Crippen LogP contribution in [0.5, 0.6) is 0 Å². The van der Waals surface area contributed by atoms with Crippen LogP contribution < -0.4 is 5.32 Å². The smallest absolute Gasteiger partial charge is 0.277 e. The molecule has 2 heterocycles. The number of amides is 1. The molecule has 28 heavy (non-hydrogen) atoms. The Morgan fingerprint density at radius 3 is 2.89 bits per heavy atom. The minimum absolute atomic E-state index is 0.127. The Hall–Kier alpha value is -2.23. The lowest BCUT2D eigenvalue weighted by atomic mass is 10.3. The Labute approximate surface area is 177 Å². The van der Waals surface area contributed by atoms with Gasteiger partial charge in [-0.2, -0.15) is 0 Å². The van der Waals surface area contributed by atoms with Crippen LogP contribution in [0.3, 0.4) is 0 Å². The number of carbonyl (C=O) groups is 1. The first-order valence-electron chi connectivity index (χ1n) is 8.51. The molecule has 4 aromatic rings. The molecule has 1 N–H and O–H groups in total. The van der Waals surface area contributed by atoms with Gasteiger partial charge >= 0.3 is 0 Å². The van der Waals surface area contributed by atoms with Crippen molar-refractivity contribution in [1.29, 1.82) is 0 Å². The summed E-state index contributed by atoms with van der Waals surface area (Å²) in [5.74, 6) is 0.623. The van der Waals surface area contributed by atoms with E-state index >= 15 is 0 Å². The van der Waals surface area contributed by atoms with E-state index in [1.807, 2.05) is 42.5 Å². The Kier molecular flexibility index (Phi) is 6.04. The van der Waals surface area contributed by atoms with Gasteiger partial charge in [-0.3, -0.25) is 4.79 Å². The number of benzene rings is 2. The van der Waals surface area contributed by atoms with E-state index in [2.05, 4.69) is 42.5 Å². The zero-order valence-electron chi connectivity index (χ0n) is 14.6. The third kappa shape index (κ3) is 4.98. The molecule has 1 amide bonds. The fourth-order valence-electron chi connectivity index (χ4n) is 2.53. The lowest BCUT2D eigenvalue weighted by Crippen LogP contribution is -2.13. The molecule has 0 bridgehead atoms. The first kappa shape index (κ1) is 19.1. The molecule has 0 radical (unpaired) electrons. The van der Waals surface area contributed by atoms with Crippen molar-refractivity contribution < 1.29 is 9.21 Å². The van der Waals surface area contributed by atoms with Gasteiger partial charge in [0.25, 0.3) is 5.22 Å². The van der Waals surface area contributed by atoms with Gasteiger partial charge in [-0.15, -0.1) is 21.5 Å². The number of thiazole rings is 1. The van der Waals surface area contributed by atoms with Gasteiger partial charge in [0, 0.05) is 23.0 Å². The van der Waals surface area contributed by atoms with Crippen LogP contribution in [-0.2, 0) is 17.6 Å². The highest BCUT2D eigenvalue weighted by Gasteiger charge is 2.11. The number of carbonyl (C=O) groups excluding carboxylic acids is 1. The summed E-state index contributed by atoms with van der Waals surface area (Å²) in [5.41, 5.74) is 1.75. The molecule has 0 saturated heterocycles. The van der Waals surface area contributed by atoms with Crippen molar-refractivity contribution in [3.8, 4) is 0 Å². The van der Waals surface area contributed by atoms with Crippen LogP contribution >= 0.6 is 39.0 Å². The molecule has 4 rings (SSSR count). The number of halogens is 1. The van der Waals surface area contributed by atoms with Gasteiger partial charge in [0.2, 0.25) is 11.8 Å². The number of anilines is 1. The van der Waals surface area contributed by atoms with Crippen molar-refractivity contribution in [1.82, 2.24) is 15.2 Å². The first-order valence-corrected chi connectivity index (χ1v) is 11.1. The second-order valence-electron chi connectivity index (χ2n) is 5.88. The van der Waals surface area contributed by atoms with E-state index in [0.29, 0.717) is 17.5 Å². The van der Waals surface area contributed by atoms with Gasteiger partial charge in [-0.25, -0.2) is 4.98 Å². The minimum atomic E-state index is -0.127. The summed E-state index contributed by atoms with van der Waals surface area (Å²) in [5, 5.41) is 12.3. The number of aromatic nitrogens is 3. The summed E-state index contributed by atoms with van der Waals surface area (Å²) in [7, 11) is 0. The lowest BCUT2D eigenvalue weighted by molar-refractivity contribution is -0.113. The van der Waals surface area contributed by atoms with E-state index in [1.165, 1.54) is 16.5 Å². The fraction of sp³-hybridized carbons (Fsp3) is 0.158. The van der Waals surface area contributed by atoms with Gasteiger partial charge in [0.15, 0.2) is 0 Å². The van der Waals surface area contributed by atoms with E-state index in [9.17, 15) is 4.79 Å². The van der Waals surface area contributed by atoms with Crippen LogP contribution in [0.15, 0.2) is 62.6 Å². The van der Waals surface area contributed by atoms with Gasteiger partial charge < -0.3 is 9.73 Å². The van der Waals surface area contributed by atoms with Crippen LogP contribution in [-0.4, -0.2) is 26.8 Å². The van der Waals surface area contributed by atoms with Crippen molar-refractivity contribution in [2.75, 3.05) is 11.1 Å². The SMILES string of the molecule is O=C(CSc1nnc(CCc2nc3ccccc3s2)o1)Nc1cccc(Br)c1. The number of hydrogen-bond acceptors (Lipinski definition) is 7. The Bertz CT molecular complexity index is 1080. The Morgan fingerprint density at radius 2 is 2.04 bits per heavy atom. The molecular weight excluding hydrogens is 460 g/mol. The fourth-order valence-corrected chi connectivity index (χ4v) is 4.48. The standard InChI is InChI=1S/C19H15BrN4O2S2/c20-12-4-3-5-13(10-12)21-16(25)11-27-19-24-23-17(26-19)8-9-18-22-14-6-1-2-7-15(14)28-18/h1-7,10H,8-9,11H2,(H,21,25). The number of fused-ring (bicyclic) bond motifs is 1. The molecule has 0 saturated carbocycles. The van der Waals surface area contributed by atoms with E-state index < -0.39 is 0 Å². The molecule has 0 aliphatic carbocycles. The van der Waals surface area contributed by atoms with Gasteiger partial charge in [0.1, 0.15) is 0 Å². The normalized spacial score (nSPS) is 11.0. The molecule has 2 aromatic carbocycles. The number of nitrogens with zero attached hydrogens (tertiary/aromatic N) is 3. The van der Waals surface area contributed by atoms with E-state index in [0.717, 1.165) is 27.1 Å². The van der Waals surface area contributed by atoms with Gasteiger partial charge in [0.05, 0.1) is 21.0 Å². The van der Waals surface area contributed by atoms with Gasteiger partial charge in [-0.1, -0.05) is 45.9 Å². The number of hydrogen-bond donors (Lipinski definition) is 1. The van der Waals surface area contributed by atoms with Crippen molar-refractivity contribution >= 4 is 60.8 Å². The molecule has 0 unspecified atom stereocenters. The predicted molar refractivity (Wildman–Crippen MR) is 115 cm³/mol. The largest absolute Gasteiger partial charge is 0.416 e. The van der Waals surface area contributed by atoms with Crippen LogP contribution in [0.2, 0.25) is 0 Å². The lowest BCUT2D eigenvalue weighted by Gasteiger charge is -2.03. The van der Waals surface area contributed by atoms with Crippen molar-refractivity contribution in [3.63, 3.8) is 0 Å². The summed E-state index contributed by atoms with van der Waals surface area (Å²) in [6.45, 7) is 0. The van der Waals surface area contributed by atoms with Crippen LogP contribution in [0, 0.1) is 0 Å². The molecule has 0 aliphatic rings. The van der Waals surface area contributed by atoms with Crippen LogP contribution in [0.4, 0.5) is 5.69 Å². The highest BCUT2D eigenvalue weighted by Crippen LogP contribution is 2.23. The summed E-state index contributed by atoms with van der Waals surface area (Å²) in [6.07, 6.45) is 1.37. The summed E-state index contributed by atoms with van der Waals surface area (Å²) in [6, 6.07) is 15.5. The van der Waals surface area contributed by atoms with Crippen LogP contribution in [0.1, 0.15) is 10.9 Å². The number of aryl methyl sites for hydroxylation is 2. The highest BCUT2D eigenvalue weighted by atomic mass is 79.9. The number of para-hydroxylation sites is 1. The molecule has 9 heteroatoms. The molecular formula is C19H15BrN4O2S2. The molecule has 0 aliphatic heterocycles. The molecule has 0 atom stereocenters. The Morgan fingerprint density at radius 1 is 1.14 bits per heavy atom. The van der Waals surface area contributed by atoms with Crippen molar-refractivity contribution in [2.45, 2.75) is 18.1 Å². The number of thioether (sulfide) groups is 1. The molecule has 2 aromatic heterocycles. The minimum Gasteiger partial charge on any atom is -0.416 e. The molecule has 6 nitrogen and oxygen atoms in total. The first-order chi connectivity index (χ1) is 13.7. The zero-order valence-corrected chi connectivity index (χ0v) is 17.8. The maximum Gasteiger partial charge on any atom is 0.277 e. The average Bonchev–Trinajstić information content (AvgIpc) is 3.31. The number of rotatable bonds is 7. The zero-order chi connectivity index (χ0) is 19.3. The van der Waals surface area contributed by atoms with E-state index in [4.69, 9.17) is 4.42 Å². The second kappa shape index (κ2) is 8.85. The monoisotopic (exact) mass is 474 g/mol. The second-order valence-corrected chi connectivity index (χ2v) is 8.84. The highest BCUT2D eigenvalue weighted by molar-refractivity contribution is 9.10. The van der Waals surface area contributed by atoms with Crippen LogP contribution in [0.25, 0.3) is 10.2 Å². The molecule has 0 fully saturated rings. The summed E-state index contributed by atoms with van der Waals surface area (Å²) >= 11 is 6.28. The third-order valence-electron chi connectivity index (χ3n) is 3.77. The maximum absolute atomic E-state index is 12.1. The van der Waals surface area contributed by atoms with Crippen molar-refractivity contribution in [2.24, 2.45) is 0 Å². The topological polar surface area (TPSA) is 80.9 Å². The third-order valence-corrected chi connectivity index (χ3v) is 6.18. The predicted octanol–water partition coefficient (Wildman–Crippen LogP) is 4.96. The summed E-state index contributed by atoms with van der Waals surface area (Å²) in [4.78, 5) is 16.7. The van der Waals surface area contributed by atoms with Crippen molar-refractivity contribution in [3.05, 3.63) is 63.9 Å². The molecule has 142 valence electrons. The number of nitrogens with one attached hydrogen (secondary N) is 1. The van der Waals surface area contributed by atoms with Gasteiger partial charge in [-0.05, 0) is 30.3 Å². The quantitative estimate of drug-likeness (QED) is 0.381. The molecule has 0 spiro atoms. The summed E-state index contributed by atoms with van der Waals surface area (Å²) < 4.78 is 7.72. The van der Waals surface area contributed by atoms with E-state index in [1.54, 1.807) is 11.3 Å². The maximum atomic E-state index is 12.1. The average molecular weight is 475 g/mol. The Balaban J connectivity index is 1.27. The van der Waals surface area contributed by atoms with E-state index in [-0.39, 0.29) is 11.7 Å².